The third-order valence-corrected chi connectivity index (χ3v) is 3.52. The summed E-state index contributed by atoms with van der Waals surface area (Å²) in [6.45, 7) is 4.06. The smallest absolute Gasteiger partial charge is 0.355 e. The van der Waals surface area contributed by atoms with Gasteiger partial charge in [0.25, 0.3) is 0 Å². The molecule has 126 valence electrons. The van der Waals surface area contributed by atoms with E-state index in [-0.39, 0.29) is 29.9 Å². The van der Waals surface area contributed by atoms with E-state index in [1.807, 2.05) is 24.3 Å². The molecular formula is C16H20BrNO5. The van der Waals surface area contributed by atoms with Gasteiger partial charge in [0, 0.05) is 12.1 Å². The van der Waals surface area contributed by atoms with Crippen molar-refractivity contribution >= 4 is 27.9 Å². The van der Waals surface area contributed by atoms with E-state index in [9.17, 15) is 9.59 Å². The molecule has 0 aliphatic heterocycles. The first-order chi connectivity index (χ1) is 11.0. The monoisotopic (exact) mass is 385 g/mol. The first-order valence-electron chi connectivity index (χ1n) is 7.14. The molecule has 0 bridgehead atoms. The van der Waals surface area contributed by atoms with Gasteiger partial charge < -0.3 is 19.5 Å². The van der Waals surface area contributed by atoms with Crippen LogP contribution < -0.4 is 10.1 Å². The molecule has 1 aromatic carbocycles. The minimum atomic E-state index is -0.637. The zero-order valence-electron chi connectivity index (χ0n) is 13.3. The molecule has 0 atom stereocenters. The van der Waals surface area contributed by atoms with Gasteiger partial charge in [0.1, 0.15) is 15.9 Å². The van der Waals surface area contributed by atoms with Crippen molar-refractivity contribution in [3.8, 4) is 5.75 Å². The Labute approximate surface area is 143 Å². The third-order valence-electron chi connectivity index (χ3n) is 2.80. The first kappa shape index (κ1) is 19.0. The number of carbonyl (C=O) groups is 2. The predicted molar refractivity (Wildman–Crippen MR) is 89.1 cm³/mol. The van der Waals surface area contributed by atoms with Crippen LogP contribution in [0.5, 0.6) is 5.75 Å². The van der Waals surface area contributed by atoms with Crippen molar-refractivity contribution in [2.24, 2.45) is 0 Å². The molecular weight excluding hydrogens is 366 g/mol. The van der Waals surface area contributed by atoms with Gasteiger partial charge in [-0.3, -0.25) is 0 Å². The second-order valence-corrected chi connectivity index (χ2v) is 5.09. The lowest BCUT2D eigenvalue weighted by atomic mass is 10.2. The van der Waals surface area contributed by atoms with Gasteiger partial charge in [-0.15, -0.1) is 0 Å². The Balaban J connectivity index is 2.99. The molecule has 0 heterocycles. The van der Waals surface area contributed by atoms with Crippen LogP contribution in [-0.2, 0) is 25.6 Å². The summed E-state index contributed by atoms with van der Waals surface area (Å²) in [5, 5.41) is 2.91. The van der Waals surface area contributed by atoms with Gasteiger partial charge in [-0.2, -0.15) is 0 Å². The molecule has 23 heavy (non-hydrogen) atoms. The van der Waals surface area contributed by atoms with Crippen molar-refractivity contribution < 1.29 is 23.8 Å². The Morgan fingerprint density at radius 1 is 1.09 bits per heavy atom. The SMILES string of the molecule is CCOC(=O)/C(Br)=C(/NCc1ccccc1OC)C(=O)OCC. The average Bonchev–Trinajstić information content (AvgIpc) is 2.55. The van der Waals surface area contributed by atoms with E-state index in [0.29, 0.717) is 5.75 Å². The second kappa shape index (κ2) is 9.89. The van der Waals surface area contributed by atoms with Crippen molar-refractivity contribution in [1.29, 1.82) is 0 Å². The molecule has 0 aliphatic carbocycles. The molecule has 0 saturated carbocycles. The maximum atomic E-state index is 12.1. The number of rotatable bonds is 8. The minimum Gasteiger partial charge on any atom is -0.496 e. The van der Waals surface area contributed by atoms with E-state index in [4.69, 9.17) is 14.2 Å². The van der Waals surface area contributed by atoms with Crippen molar-refractivity contribution in [3.63, 3.8) is 0 Å². The van der Waals surface area contributed by atoms with Crippen molar-refractivity contribution in [2.75, 3.05) is 20.3 Å². The summed E-state index contributed by atoms with van der Waals surface area (Å²) in [5.74, 6) is -0.596. The van der Waals surface area contributed by atoms with E-state index in [0.717, 1.165) is 5.56 Å². The fourth-order valence-electron chi connectivity index (χ4n) is 1.77. The maximum absolute atomic E-state index is 12.1. The molecule has 0 spiro atoms. The summed E-state index contributed by atoms with van der Waals surface area (Å²) in [6, 6.07) is 7.37. The maximum Gasteiger partial charge on any atom is 0.355 e. The summed E-state index contributed by atoms with van der Waals surface area (Å²) < 4.78 is 15.1. The van der Waals surface area contributed by atoms with Gasteiger partial charge in [-0.05, 0) is 35.8 Å². The molecule has 0 aromatic heterocycles. The molecule has 1 rings (SSSR count). The van der Waals surface area contributed by atoms with Gasteiger partial charge in [0.15, 0.2) is 0 Å². The van der Waals surface area contributed by atoms with Gasteiger partial charge in [0.2, 0.25) is 0 Å². The minimum absolute atomic E-state index is 0.00676. The van der Waals surface area contributed by atoms with Gasteiger partial charge in [-0.25, -0.2) is 9.59 Å². The summed E-state index contributed by atoms with van der Waals surface area (Å²) in [7, 11) is 1.56. The molecule has 0 amide bonds. The molecule has 0 saturated heterocycles. The Kier molecular flexibility index (Phi) is 8.18. The lowest BCUT2D eigenvalue weighted by Gasteiger charge is -2.14. The average molecular weight is 386 g/mol. The van der Waals surface area contributed by atoms with Crippen molar-refractivity contribution in [2.45, 2.75) is 20.4 Å². The lowest BCUT2D eigenvalue weighted by Crippen LogP contribution is -2.25. The number of methoxy groups -OCH3 is 1. The standard InChI is InChI=1S/C16H20BrNO5/c1-4-22-15(19)13(17)14(16(20)23-5-2)18-10-11-8-6-7-9-12(11)21-3/h6-9,18H,4-5,10H2,1-3H3/b14-13-. The fraction of sp³-hybridized carbons (Fsp3) is 0.375. The summed E-state index contributed by atoms with van der Waals surface area (Å²) in [4.78, 5) is 23.9. The highest BCUT2D eigenvalue weighted by Gasteiger charge is 2.21. The van der Waals surface area contributed by atoms with Crippen LogP contribution in [0.15, 0.2) is 34.4 Å². The van der Waals surface area contributed by atoms with E-state index >= 15 is 0 Å². The predicted octanol–water partition coefficient (Wildman–Crippen LogP) is 2.52. The van der Waals surface area contributed by atoms with Crippen LogP contribution in [0.3, 0.4) is 0 Å². The highest BCUT2D eigenvalue weighted by atomic mass is 79.9. The Morgan fingerprint density at radius 2 is 1.70 bits per heavy atom. The summed E-state index contributed by atoms with van der Waals surface area (Å²) in [5.41, 5.74) is 0.845. The normalized spacial score (nSPS) is 11.3. The zero-order valence-corrected chi connectivity index (χ0v) is 14.9. The van der Waals surface area contributed by atoms with Crippen LogP contribution in [0.2, 0.25) is 0 Å². The van der Waals surface area contributed by atoms with Crippen LogP contribution in [-0.4, -0.2) is 32.3 Å². The largest absolute Gasteiger partial charge is 0.496 e. The van der Waals surface area contributed by atoms with Crippen LogP contribution in [0, 0.1) is 0 Å². The quantitative estimate of drug-likeness (QED) is 0.547. The van der Waals surface area contributed by atoms with Crippen LogP contribution >= 0.6 is 15.9 Å². The summed E-state index contributed by atoms with van der Waals surface area (Å²) >= 11 is 3.10. The molecule has 0 unspecified atom stereocenters. The number of esters is 2. The fourth-order valence-corrected chi connectivity index (χ4v) is 2.19. The van der Waals surface area contributed by atoms with Gasteiger partial charge >= 0.3 is 11.9 Å². The Hall–Kier alpha value is -2.02. The molecule has 0 fully saturated rings. The highest BCUT2D eigenvalue weighted by Crippen LogP contribution is 2.19. The van der Waals surface area contributed by atoms with Crippen molar-refractivity contribution in [3.05, 3.63) is 40.0 Å². The molecule has 1 aromatic rings. The van der Waals surface area contributed by atoms with E-state index in [1.165, 1.54) is 0 Å². The van der Waals surface area contributed by atoms with Crippen molar-refractivity contribution in [1.82, 2.24) is 5.32 Å². The Bertz CT molecular complexity index is 586. The molecule has 0 radical (unpaired) electrons. The van der Waals surface area contributed by atoms with Crippen LogP contribution in [0.25, 0.3) is 0 Å². The number of carbonyl (C=O) groups excluding carboxylic acids is 2. The zero-order chi connectivity index (χ0) is 17.2. The third kappa shape index (κ3) is 5.59. The number of hydrogen-bond acceptors (Lipinski definition) is 6. The number of nitrogens with one attached hydrogen (secondary N) is 1. The van der Waals surface area contributed by atoms with E-state index in [2.05, 4.69) is 21.2 Å². The molecule has 7 heteroatoms. The Morgan fingerprint density at radius 3 is 2.30 bits per heavy atom. The van der Waals surface area contributed by atoms with Gasteiger partial charge in [-0.1, -0.05) is 18.2 Å². The van der Waals surface area contributed by atoms with Crippen LogP contribution in [0.4, 0.5) is 0 Å². The first-order valence-corrected chi connectivity index (χ1v) is 7.94. The van der Waals surface area contributed by atoms with Gasteiger partial charge in [0.05, 0.1) is 20.3 Å². The second-order valence-electron chi connectivity index (χ2n) is 4.30. The number of ether oxygens (including phenoxy) is 3. The molecule has 6 nitrogen and oxygen atoms in total. The topological polar surface area (TPSA) is 73.9 Å². The van der Waals surface area contributed by atoms with E-state index in [1.54, 1.807) is 21.0 Å². The summed E-state index contributed by atoms with van der Waals surface area (Å²) in [6.07, 6.45) is 0. The number of benzene rings is 1. The molecule has 0 aliphatic rings. The highest BCUT2D eigenvalue weighted by molar-refractivity contribution is 9.12. The number of hydrogen-bond donors (Lipinski definition) is 1. The van der Waals surface area contributed by atoms with Crippen LogP contribution in [0.1, 0.15) is 19.4 Å². The van der Waals surface area contributed by atoms with E-state index < -0.39 is 11.9 Å². The molecule has 1 N–H and O–H groups in total. The number of halogens is 1. The lowest BCUT2D eigenvalue weighted by molar-refractivity contribution is -0.141. The number of para-hydroxylation sites is 1.